The minimum Gasteiger partial charge on any atom is -0.251 e. The third-order valence-corrected chi connectivity index (χ3v) is 12.4. The van der Waals surface area contributed by atoms with Gasteiger partial charge in [-0.05, 0) is 82.3 Å². The SMILES string of the molecule is CC#Cc1ccc2sc3ccc([C@@](C)(CC(C)(C)S(N)=O)CS(=O)(=O)C4(C#N)CCC4)cc3c2c1. The molecule has 1 aliphatic rings. The number of rotatable bonds is 7. The minimum absolute atomic E-state index is 0.200. The fourth-order valence-corrected chi connectivity index (χ4v) is 9.13. The van der Waals surface area contributed by atoms with E-state index in [4.69, 9.17) is 5.14 Å². The largest absolute Gasteiger partial charge is 0.251 e. The number of thiophene rings is 1. The predicted molar refractivity (Wildman–Crippen MR) is 146 cm³/mol. The van der Waals surface area contributed by atoms with Crippen LogP contribution in [0.4, 0.5) is 0 Å². The molecule has 2 atom stereocenters. The van der Waals surface area contributed by atoms with E-state index < -0.39 is 35.7 Å². The van der Waals surface area contributed by atoms with E-state index in [0.717, 1.165) is 37.7 Å². The van der Waals surface area contributed by atoms with Crippen LogP contribution < -0.4 is 5.14 Å². The first-order chi connectivity index (χ1) is 16.4. The van der Waals surface area contributed by atoms with Crippen molar-refractivity contribution in [1.29, 1.82) is 5.26 Å². The van der Waals surface area contributed by atoms with Crippen LogP contribution in [0.2, 0.25) is 0 Å². The maximum absolute atomic E-state index is 13.6. The fraction of sp³-hybridized carbons (Fsp3) is 0.444. The molecule has 1 fully saturated rings. The second kappa shape index (κ2) is 9.01. The Kier molecular flexibility index (Phi) is 6.66. The Morgan fingerprint density at radius 1 is 1.11 bits per heavy atom. The molecule has 0 amide bonds. The monoisotopic (exact) mass is 526 g/mol. The Morgan fingerprint density at radius 2 is 1.74 bits per heavy atom. The number of nitrogens with zero attached hydrogens (tertiary/aromatic N) is 1. The summed E-state index contributed by atoms with van der Waals surface area (Å²) in [5, 5.41) is 17.7. The van der Waals surface area contributed by atoms with Gasteiger partial charge < -0.3 is 0 Å². The Labute approximate surface area is 214 Å². The first-order valence-electron chi connectivity index (χ1n) is 11.6. The fourth-order valence-electron chi connectivity index (χ4n) is 5.17. The molecule has 35 heavy (non-hydrogen) atoms. The first kappa shape index (κ1) is 25.9. The van der Waals surface area contributed by atoms with E-state index in [1.165, 1.54) is 0 Å². The van der Waals surface area contributed by atoms with Crippen molar-refractivity contribution < 1.29 is 12.6 Å². The highest BCUT2D eigenvalue weighted by molar-refractivity contribution is 7.93. The van der Waals surface area contributed by atoms with Crippen molar-refractivity contribution in [1.82, 2.24) is 0 Å². The lowest BCUT2D eigenvalue weighted by Crippen LogP contribution is -2.50. The smallest absolute Gasteiger partial charge is 0.170 e. The topological polar surface area (TPSA) is 101 Å². The molecule has 184 valence electrons. The van der Waals surface area contributed by atoms with Crippen molar-refractivity contribution in [2.75, 3.05) is 5.75 Å². The van der Waals surface area contributed by atoms with Gasteiger partial charge in [0, 0.05) is 31.2 Å². The molecule has 2 aromatic carbocycles. The van der Waals surface area contributed by atoms with Crippen LogP contribution in [0, 0.1) is 23.2 Å². The molecule has 0 radical (unpaired) electrons. The van der Waals surface area contributed by atoms with Crippen molar-refractivity contribution in [3.05, 3.63) is 47.5 Å². The van der Waals surface area contributed by atoms with Crippen molar-refractivity contribution in [3.8, 4) is 17.9 Å². The van der Waals surface area contributed by atoms with Crippen LogP contribution in [0.3, 0.4) is 0 Å². The van der Waals surface area contributed by atoms with Crippen LogP contribution in [0.25, 0.3) is 20.2 Å². The predicted octanol–water partition coefficient (Wildman–Crippen LogP) is 5.34. The maximum atomic E-state index is 13.6. The lowest BCUT2D eigenvalue weighted by molar-refractivity contribution is 0.383. The Balaban J connectivity index is 1.89. The number of sulfone groups is 1. The van der Waals surface area contributed by atoms with Gasteiger partial charge in [0.1, 0.15) is 0 Å². The zero-order valence-corrected chi connectivity index (χ0v) is 22.9. The molecule has 0 aliphatic heterocycles. The molecule has 4 rings (SSSR count). The van der Waals surface area contributed by atoms with E-state index >= 15 is 0 Å². The summed E-state index contributed by atoms with van der Waals surface area (Å²) in [4.78, 5) is 0. The van der Waals surface area contributed by atoms with Gasteiger partial charge in [-0.25, -0.2) is 12.6 Å². The summed E-state index contributed by atoms with van der Waals surface area (Å²) >= 11 is 1.68. The average molecular weight is 527 g/mol. The molecule has 1 aliphatic carbocycles. The van der Waals surface area contributed by atoms with E-state index in [0.29, 0.717) is 19.3 Å². The highest BCUT2D eigenvalue weighted by Gasteiger charge is 2.52. The van der Waals surface area contributed by atoms with E-state index in [1.807, 2.05) is 25.1 Å². The molecule has 8 heteroatoms. The van der Waals surface area contributed by atoms with Crippen LogP contribution in [0.1, 0.15) is 64.5 Å². The lowest BCUT2D eigenvalue weighted by Gasteiger charge is -2.41. The number of hydrogen-bond acceptors (Lipinski definition) is 5. The summed E-state index contributed by atoms with van der Waals surface area (Å²) in [7, 11) is -5.41. The number of fused-ring (bicyclic) bond motifs is 3. The molecule has 1 unspecified atom stereocenters. The Hall–Kier alpha value is -2.23. The average Bonchev–Trinajstić information content (AvgIpc) is 3.09. The first-order valence-corrected chi connectivity index (χ1v) is 15.2. The number of nitriles is 1. The van der Waals surface area contributed by atoms with Crippen molar-refractivity contribution >= 4 is 52.3 Å². The highest BCUT2D eigenvalue weighted by atomic mass is 32.2. The summed E-state index contributed by atoms with van der Waals surface area (Å²) in [6.45, 7) is 7.29. The van der Waals surface area contributed by atoms with E-state index in [1.54, 1.807) is 32.1 Å². The molecular weight excluding hydrogens is 497 g/mol. The number of nitrogens with two attached hydrogens (primary N) is 1. The van der Waals surface area contributed by atoms with E-state index in [2.05, 4.69) is 36.1 Å². The molecule has 3 aromatic rings. The number of benzene rings is 2. The zero-order chi connectivity index (χ0) is 25.6. The molecule has 0 bridgehead atoms. The van der Waals surface area contributed by atoms with Gasteiger partial charge in [0.15, 0.2) is 14.6 Å². The quantitative estimate of drug-likeness (QED) is 0.420. The van der Waals surface area contributed by atoms with E-state index in [-0.39, 0.29) is 5.75 Å². The Morgan fingerprint density at radius 3 is 2.29 bits per heavy atom. The third-order valence-electron chi connectivity index (χ3n) is 7.26. The maximum Gasteiger partial charge on any atom is 0.170 e. The van der Waals surface area contributed by atoms with Gasteiger partial charge in [-0.3, -0.25) is 5.14 Å². The van der Waals surface area contributed by atoms with Gasteiger partial charge >= 0.3 is 0 Å². The second-order valence-corrected chi connectivity index (χ2v) is 15.5. The van der Waals surface area contributed by atoms with Crippen molar-refractivity contribution in [2.24, 2.45) is 5.14 Å². The summed E-state index contributed by atoms with van der Waals surface area (Å²) in [5.74, 6) is 5.84. The van der Waals surface area contributed by atoms with Gasteiger partial charge in [0.2, 0.25) is 0 Å². The van der Waals surface area contributed by atoms with Crippen molar-refractivity contribution in [3.63, 3.8) is 0 Å². The van der Waals surface area contributed by atoms with E-state index in [9.17, 15) is 17.9 Å². The lowest BCUT2D eigenvalue weighted by atomic mass is 9.77. The molecule has 1 saturated carbocycles. The molecule has 1 heterocycles. The second-order valence-electron chi connectivity index (χ2n) is 10.4. The molecule has 5 nitrogen and oxygen atoms in total. The molecular formula is C27H30N2O3S3. The summed E-state index contributed by atoms with van der Waals surface area (Å²) < 4.78 is 39.7. The van der Waals surface area contributed by atoms with Crippen LogP contribution in [-0.4, -0.2) is 27.9 Å². The highest BCUT2D eigenvalue weighted by Crippen LogP contribution is 2.45. The molecule has 2 N–H and O–H groups in total. The van der Waals surface area contributed by atoms with Gasteiger partial charge in [-0.15, -0.1) is 17.3 Å². The van der Waals surface area contributed by atoms with Gasteiger partial charge in [0.25, 0.3) is 0 Å². The van der Waals surface area contributed by atoms with Gasteiger partial charge in [0.05, 0.1) is 27.6 Å². The normalized spacial score (nSPS) is 18.2. The van der Waals surface area contributed by atoms with Crippen LogP contribution in [0.5, 0.6) is 0 Å². The van der Waals surface area contributed by atoms with Crippen molar-refractivity contribution in [2.45, 2.75) is 68.3 Å². The number of hydrogen-bond donors (Lipinski definition) is 1. The summed E-state index contributed by atoms with van der Waals surface area (Å²) in [6, 6.07) is 14.3. The molecule has 0 saturated heterocycles. The Bertz CT molecular complexity index is 1550. The van der Waals surface area contributed by atoms with Crippen LogP contribution in [0.15, 0.2) is 36.4 Å². The summed E-state index contributed by atoms with van der Waals surface area (Å²) in [6.07, 6.45) is 1.76. The molecule has 0 spiro atoms. The van der Waals surface area contributed by atoms with Gasteiger partial charge in [-0.1, -0.05) is 18.9 Å². The van der Waals surface area contributed by atoms with Gasteiger partial charge in [-0.2, -0.15) is 5.26 Å². The van der Waals surface area contributed by atoms with Crippen LogP contribution >= 0.6 is 11.3 Å². The minimum atomic E-state index is -3.75. The standard InChI is InChI=1S/C27H30N2O3S3/c1-5-7-19-8-10-23-21(14-19)22-15-20(9-11-24(22)33-23)26(4,16-25(2,3)34(29)30)18-35(31,32)27(17-28)12-6-13-27/h8-11,14-15H,6,12-13,16,18,29H2,1-4H3/t26-,34?/m0/s1. The van der Waals surface area contributed by atoms with Crippen LogP contribution in [-0.2, 0) is 26.2 Å². The summed E-state index contributed by atoms with van der Waals surface area (Å²) in [5.41, 5.74) is 0.877. The zero-order valence-electron chi connectivity index (χ0n) is 20.5. The molecule has 1 aromatic heterocycles. The third kappa shape index (κ3) is 4.54.